The van der Waals surface area contributed by atoms with Gasteiger partial charge in [0.05, 0.1) is 18.0 Å². The van der Waals surface area contributed by atoms with Gasteiger partial charge in [-0.3, -0.25) is 4.79 Å². The number of halogens is 1. The second-order valence-electron chi connectivity index (χ2n) is 8.88. The van der Waals surface area contributed by atoms with E-state index in [-0.39, 0.29) is 23.0 Å². The maximum Gasteiger partial charge on any atom is 0.341 e. The Bertz CT molecular complexity index is 1090. The zero-order valence-corrected chi connectivity index (χ0v) is 16.9. The lowest BCUT2D eigenvalue weighted by atomic mass is 9.78. The van der Waals surface area contributed by atoms with Crippen molar-refractivity contribution in [1.82, 2.24) is 4.57 Å². The Hall–Kier alpha value is -2.61. The van der Waals surface area contributed by atoms with Gasteiger partial charge >= 0.3 is 5.97 Å². The van der Waals surface area contributed by atoms with Gasteiger partial charge in [-0.05, 0) is 43.6 Å². The first-order valence-electron chi connectivity index (χ1n) is 10.6. The van der Waals surface area contributed by atoms with E-state index in [0.29, 0.717) is 41.9 Å². The van der Waals surface area contributed by atoms with Crippen LogP contribution in [0, 0.1) is 17.7 Å². The molecule has 2 heterocycles. The van der Waals surface area contributed by atoms with Crippen LogP contribution in [0.4, 0.5) is 10.1 Å². The molecule has 8 heteroatoms. The molecule has 1 aromatic carbocycles. The van der Waals surface area contributed by atoms with Crippen LogP contribution in [-0.4, -0.2) is 41.9 Å². The molecule has 2 aliphatic carbocycles. The highest BCUT2D eigenvalue weighted by Gasteiger charge is 2.41. The molecule has 2 aromatic rings. The van der Waals surface area contributed by atoms with Crippen molar-refractivity contribution in [2.75, 3.05) is 25.1 Å². The summed E-state index contributed by atoms with van der Waals surface area (Å²) in [4.78, 5) is 26.4. The number of rotatable bonds is 4. The van der Waals surface area contributed by atoms with Crippen LogP contribution in [0.5, 0.6) is 5.75 Å². The molecule has 0 spiro atoms. The fourth-order valence-corrected chi connectivity index (χ4v) is 5.42. The minimum atomic E-state index is -1.31. The van der Waals surface area contributed by atoms with Gasteiger partial charge in [-0.25, -0.2) is 9.18 Å². The van der Waals surface area contributed by atoms with Gasteiger partial charge in [-0.15, -0.1) is 0 Å². The van der Waals surface area contributed by atoms with E-state index in [9.17, 15) is 14.7 Å². The molecule has 3 fully saturated rings. The molecule has 1 aliphatic heterocycles. The average Bonchev–Trinajstić information content (AvgIpc) is 3.46. The average molecular weight is 415 g/mol. The maximum absolute atomic E-state index is 15.4. The van der Waals surface area contributed by atoms with Crippen LogP contribution < -0.4 is 20.8 Å². The second-order valence-corrected chi connectivity index (χ2v) is 8.88. The van der Waals surface area contributed by atoms with Crippen molar-refractivity contribution in [3.63, 3.8) is 0 Å². The molecule has 0 bridgehead atoms. The first kappa shape index (κ1) is 19.4. The van der Waals surface area contributed by atoms with E-state index in [1.54, 1.807) is 4.57 Å². The van der Waals surface area contributed by atoms with Gasteiger partial charge in [0.2, 0.25) is 5.43 Å². The highest BCUT2D eigenvalue weighted by atomic mass is 19.1. The Balaban J connectivity index is 1.72. The predicted molar refractivity (Wildman–Crippen MR) is 111 cm³/mol. The molecular formula is C22H26FN3O4. The van der Waals surface area contributed by atoms with E-state index in [1.165, 1.54) is 19.4 Å². The summed E-state index contributed by atoms with van der Waals surface area (Å²) in [6, 6.07) is 1.39. The molecule has 3 N–H and O–H groups in total. The molecule has 1 saturated heterocycles. The number of carbonyl (C=O) groups is 1. The van der Waals surface area contributed by atoms with Crippen molar-refractivity contribution in [1.29, 1.82) is 0 Å². The minimum absolute atomic E-state index is 0.0493. The number of nitrogens with zero attached hydrogens (tertiary/aromatic N) is 2. The number of aromatic carboxylic acids is 1. The van der Waals surface area contributed by atoms with E-state index in [0.717, 1.165) is 32.1 Å². The Labute approximate surface area is 173 Å². The second kappa shape index (κ2) is 6.97. The number of anilines is 1. The van der Waals surface area contributed by atoms with Crippen LogP contribution in [0.15, 0.2) is 17.1 Å². The van der Waals surface area contributed by atoms with Gasteiger partial charge in [-0.2, -0.15) is 0 Å². The third kappa shape index (κ3) is 2.88. The van der Waals surface area contributed by atoms with Crippen LogP contribution in [0.25, 0.3) is 10.9 Å². The standard InChI is InChI=1S/C22H26FN3O4/c1-30-21-18-13(20(27)15(22(28)29)10-26(18)12-5-6-12)7-16(23)19(21)25-8-11-3-2-4-17(24)14(11)9-25/h7,10-12,14,17H,2-6,8-9,24H2,1H3,(H,28,29)/t11-,14+,17?/m0/s1. The smallest absolute Gasteiger partial charge is 0.341 e. The lowest BCUT2D eigenvalue weighted by Gasteiger charge is -2.29. The minimum Gasteiger partial charge on any atom is -0.492 e. The SMILES string of the molecule is COc1c(N2C[C@@H]3CCCC(N)[C@@H]3C2)c(F)cc2c(=O)c(C(=O)O)cn(C3CC3)c12. The van der Waals surface area contributed by atoms with Crippen LogP contribution in [-0.2, 0) is 0 Å². The normalized spacial score (nSPS) is 26.1. The zero-order chi connectivity index (χ0) is 21.2. The zero-order valence-electron chi connectivity index (χ0n) is 16.9. The highest BCUT2D eigenvalue weighted by Crippen LogP contribution is 2.46. The van der Waals surface area contributed by atoms with E-state index in [1.807, 2.05) is 4.90 Å². The van der Waals surface area contributed by atoms with Gasteiger partial charge < -0.3 is 25.0 Å². The van der Waals surface area contributed by atoms with Crippen molar-refractivity contribution >= 4 is 22.6 Å². The molecule has 0 radical (unpaired) electrons. The van der Waals surface area contributed by atoms with Crippen LogP contribution in [0.1, 0.15) is 48.5 Å². The maximum atomic E-state index is 15.4. The molecule has 0 amide bonds. The number of ether oxygens (including phenoxy) is 1. The van der Waals surface area contributed by atoms with Gasteiger partial charge in [0.25, 0.3) is 0 Å². The first-order chi connectivity index (χ1) is 14.4. The summed E-state index contributed by atoms with van der Waals surface area (Å²) in [5.74, 6) is -0.823. The quantitative estimate of drug-likeness (QED) is 0.797. The first-order valence-corrected chi connectivity index (χ1v) is 10.6. The van der Waals surface area contributed by atoms with E-state index in [2.05, 4.69) is 0 Å². The predicted octanol–water partition coefficient (Wildman–Crippen LogP) is 2.75. The number of carboxylic acid groups (broad SMARTS) is 1. The van der Waals surface area contributed by atoms with Crippen molar-refractivity contribution in [2.24, 2.45) is 17.6 Å². The molecule has 30 heavy (non-hydrogen) atoms. The summed E-state index contributed by atoms with van der Waals surface area (Å²) in [6.07, 6.45) is 6.32. The summed E-state index contributed by atoms with van der Waals surface area (Å²) in [6.45, 7) is 1.36. The molecular weight excluding hydrogens is 389 g/mol. The number of benzene rings is 1. The summed E-state index contributed by atoms with van der Waals surface area (Å²) < 4.78 is 22.9. The number of hydrogen-bond donors (Lipinski definition) is 2. The van der Waals surface area contributed by atoms with E-state index < -0.39 is 17.2 Å². The van der Waals surface area contributed by atoms with Crippen LogP contribution in [0.3, 0.4) is 0 Å². The number of aromatic nitrogens is 1. The van der Waals surface area contributed by atoms with Crippen LogP contribution in [0.2, 0.25) is 0 Å². The summed E-state index contributed by atoms with van der Waals surface area (Å²) in [5.41, 5.74) is 6.14. The largest absolute Gasteiger partial charge is 0.492 e. The van der Waals surface area contributed by atoms with Gasteiger partial charge in [0.1, 0.15) is 11.3 Å². The molecule has 7 nitrogen and oxygen atoms in total. The monoisotopic (exact) mass is 415 g/mol. The summed E-state index contributed by atoms with van der Waals surface area (Å²) in [5, 5.41) is 9.51. The number of hydrogen-bond acceptors (Lipinski definition) is 5. The number of pyridine rings is 1. The molecule has 1 unspecified atom stereocenters. The lowest BCUT2D eigenvalue weighted by Crippen LogP contribution is -2.38. The Morgan fingerprint density at radius 2 is 2.03 bits per heavy atom. The number of methoxy groups -OCH3 is 1. The third-order valence-corrected chi connectivity index (χ3v) is 7.04. The Morgan fingerprint density at radius 3 is 2.67 bits per heavy atom. The molecule has 3 aliphatic rings. The van der Waals surface area contributed by atoms with Gasteiger partial charge in [0, 0.05) is 31.4 Å². The van der Waals surface area contributed by atoms with E-state index in [4.69, 9.17) is 10.5 Å². The fourth-order valence-electron chi connectivity index (χ4n) is 5.42. The van der Waals surface area contributed by atoms with E-state index >= 15 is 4.39 Å². The van der Waals surface area contributed by atoms with Crippen LogP contribution >= 0.6 is 0 Å². The van der Waals surface area contributed by atoms with Gasteiger partial charge in [-0.1, -0.05) is 6.42 Å². The van der Waals surface area contributed by atoms with Gasteiger partial charge in [0.15, 0.2) is 11.6 Å². The number of carboxylic acids is 1. The molecule has 2 saturated carbocycles. The molecule has 160 valence electrons. The summed E-state index contributed by atoms with van der Waals surface area (Å²) >= 11 is 0. The Morgan fingerprint density at radius 1 is 1.27 bits per heavy atom. The fraction of sp³-hybridized carbons (Fsp3) is 0.545. The number of nitrogens with two attached hydrogens (primary N) is 1. The third-order valence-electron chi connectivity index (χ3n) is 7.04. The summed E-state index contributed by atoms with van der Waals surface area (Å²) in [7, 11) is 1.47. The Kier molecular flexibility index (Phi) is 4.50. The highest BCUT2D eigenvalue weighted by molar-refractivity contribution is 5.97. The topological polar surface area (TPSA) is 97.8 Å². The molecule has 5 rings (SSSR count). The van der Waals surface area contributed by atoms with Crippen molar-refractivity contribution in [3.05, 3.63) is 33.9 Å². The number of fused-ring (bicyclic) bond motifs is 2. The molecule has 1 aromatic heterocycles. The van der Waals surface area contributed by atoms with Crippen molar-refractivity contribution in [3.8, 4) is 5.75 Å². The van der Waals surface area contributed by atoms with Crippen molar-refractivity contribution in [2.45, 2.75) is 44.2 Å². The molecule has 3 atom stereocenters. The lowest BCUT2D eigenvalue weighted by molar-refractivity contribution is 0.0695. The van der Waals surface area contributed by atoms with Crippen molar-refractivity contribution < 1.29 is 19.0 Å².